The second kappa shape index (κ2) is 6.77. The molecule has 2 aliphatic carbocycles. The zero-order chi connectivity index (χ0) is 22.1. The molecule has 31 heavy (non-hydrogen) atoms. The number of anilines is 2. The van der Waals surface area contributed by atoms with Crippen LogP contribution in [-0.4, -0.2) is 44.9 Å². The minimum absolute atomic E-state index is 0.246. The van der Waals surface area contributed by atoms with E-state index < -0.39 is 30.0 Å². The van der Waals surface area contributed by atoms with Crippen molar-refractivity contribution in [1.82, 2.24) is 9.78 Å². The van der Waals surface area contributed by atoms with Crippen LogP contribution in [0.4, 0.5) is 25.0 Å². The van der Waals surface area contributed by atoms with Crippen LogP contribution in [0.2, 0.25) is 0 Å². The SMILES string of the molecule is CC(=O)N1c2ccc(-c3cnn(C4CC4)c3)cc2N(C(=O)O)C(C2CC(F)(F)C2)[C@@H]1C. The molecule has 7 nitrogen and oxygen atoms in total. The maximum atomic E-state index is 13.7. The summed E-state index contributed by atoms with van der Waals surface area (Å²) in [5.74, 6) is -3.55. The van der Waals surface area contributed by atoms with Gasteiger partial charge in [0.2, 0.25) is 11.8 Å². The first kappa shape index (κ1) is 20.0. The van der Waals surface area contributed by atoms with Crippen LogP contribution in [0.5, 0.6) is 0 Å². The molecule has 2 fully saturated rings. The molecule has 0 bridgehead atoms. The minimum atomic E-state index is -2.78. The Balaban J connectivity index is 1.59. The molecule has 1 unspecified atom stereocenters. The van der Waals surface area contributed by atoms with E-state index in [2.05, 4.69) is 5.10 Å². The van der Waals surface area contributed by atoms with Gasteiger partial charge in [-0.05, 0) is 43.4 Å². The quantitative estimate of drug-likeness (QED) is 0.776. The fraction of sp³-hybridized carbons (Fsp3) is 0.500. The molecular weight excluding hydrogens is 406 g/mol. The highest BCUT2D eigenvalue weighted by Gasteiger charge is 2.55. The number of hydrogen-bond acceptors (Lipinski definition) is 3. The molecule has 5 rings (SSSR count). The van der Waals surface area contributed by atoms with Gasteiger partial charge < -0.3 is 10.0 Å². The van der Waals surface area contributed by atoms with Gasteiger partial charge in [-0.1, -0.05) is 6.07 Å². The zero-order valence-corrected chi connectivity index (χ0v) is 17.3. The number of halogens is 2. The van der Waals surface area contributed by atoms with Crippen LogP contribution in [0.25, 0.3) is 11.1 Å². The molecular formula is C22H24F2N4O3. The molecule has 2 amide bonds. The number of carbonyl (C=O) groups is 2. The number of rotatable bonds is 3. The van der Waals surface area contributed by atoms with Crippen molar-refractivity contribution in [1.29, 1.82) is 0 Å². The van der Waals surface area contributed by atoms with Crippen molar-refractivity contribution in [3.63, 3.8) is 0 Å². The number of amides is 2. The van der Waals surface area contributed by atoms with Crippen LogP contribution in [0.1, 0.15) is 45.6 Å². The maximum absolute atomic E-state index is 13.7. The highest BCUT2D eigenvalue weighted by molar-refractivity contribution is 6.03. The maximum Gasteiger partial charge on any atom is 0.412 e. The van der Waals surface area contributed by atoms with E-state index >= 15 is 0 Å². The van der Waals surface area contributed by atoms with Gasteiger partial charge in [-0.2, -0.15) is 5.10 Å². The van der Waals surface area contributed by atoms with E-state index in [4.69, 9.17) is 0 Å². The van der Waals surface area contributed by atoms with E-state index in [9.17, 15) is 23.5 Å². The van der Waals surface area contributed by atoms with Crippen molar-refractivity contribution < 1.29 is 23.5 Å². The summed E-state index contributed by atoms with van der Waals surface area (Å²) in [6.45, 7) is 3.14. The Hall–Kier alpha value is -2.97. The van der Waals surface area contributed by atoms with Gasteiger partial charge in [-0.3, -0.25) is 14.4 Å². The molecule has 1 aliphatic heterocycles. The zero-order valence-electron chi connectivity index (χ0n) is 17.3. The van der Waals surface area contributed by atoms with Crippen LogP contribution in [0, 0.1) is 5.92 Å². The Labute approximate surface area is 178 Å². The average Bonchev–Trinajstić information content (AvgIpc) is 3.41. The molecule has 0 radical (unpaired) electrons. The highest BCUT2D eigenvalue weighted by atomic mass is 19.3. The summed E-state index contributed by atoms with van der Waals surface area (Å²) in [7, 11) is 0. The van der Waals surface area contributed by atoms with Crippen molar-refractivity contribution in [2.75, 3.05) is 9.80 Å². The standard InChI is InChI=1S/C22H24F2N4O3/c1-12-20(15-8-22(23,24)9-15)28(21(30)31)19-7-14(3-6-18(19)27(12)13(2)29)16-10-25-26(11-16)17-4-5-17/h3,6-7,10-12,15,17,20H,4-5,8-9H2,1-2H3,(H,30,31)/t12-,20?/m0/s1. The molecule has 1 N–H and O–H groups in total. The molecule has 2 saturated carbocycles. The van der Waals surface area contributed by atoms with Gasteiger partial charge in [-0.15, -0.1) is 0 Å². The van der Waals surface area contributed by atoms with Gasteiger partial charge >= 0.3 is 6.09 Å². The summed E-state index contributed by atoms with van der Waals surface area (Å²) in [6, 6.07) is 4.43. The van der Waals surface area contributed by atoms with Crippen LogP contribution in [0.3, 0.4) is 0 Å². The first-order valence-corrected chi connectivity index (χ1v) is 10.5. The Morgan fingerprint density at radius 2 is 1.84 bits per heavy atom. The predicted molar refractivity (Wildman–Crippen MR) is 111 cm³/mol. The van der Waals surface area contributed by atoms with Crippen LogP contribution in [0.15, 0.2) is 30.6 Å². The first-order valence-electron chi connectivity index (χ1n) is 10.5. The Morgan fingerprint density at radius 3 is 2.42 bits per heavy atom. The number of nitrogens with zero attached hydrogens (tertiary/aromatic N) is 4. The molecule has 0 spiro atoms. The molecule has 3 aliphatic rings. The number of hydrogen-bond donors (Lipinski definition) is 1. The van der Waals surface area contributed by atoms with Gasteiger partial charge in [0.1, 0.15) is 0 Å². The van der Waals surface area contributed by atoms with Crippen LogP contribution < -0.4 is 9.80 Å². The Bertz CT molecular complexity index is 1060. The summed E-state index contributed by atoms with van der Waals surface area (Å²) < 4.78 is 29.2. The predicted octanol–water partition coefficient (Wildman–Crippen LogP) is 4.54. The van der Waals surface area contributed by atoms with Crippen molar-refractivity contribution in [2.45, 2.75) is 63.6 Å². The number of carboxylic acid groups (broad SMARTS) is 1. The molecule has 9 heteroatoms. The van der Waals surface area contributed by atoms with Gasteiger partial charge in [-0.25, -0.2) is 13.6 Å². The lowest BCUT2D eigenvalue weighted by Gasteiger charge is -2.52. The lowest BCUT2D eigenvalue weighted by Crippen LogP contribution is -2.63. The van der Waals surface area contributed by atoms with Crippen LogP contribution in [-0.2, 0) is 4.79 Å². The van der Waals surface area contributed by atoms with Crippen molar-refractivity contribution in [3.8, 4) is 11.1 Å². The molecule has 164 valence electrons. The van der Waals surface area contributed by atoms with Crippen molar-refractivity contribution in [3.05, 3.63) is 30.6 Å². The fourth-order valence-electron chi connectivity index (χ4n) is 5.11. The summed E-state index contributed by atoms with van der Waals surface area (Å²) in [6.07, 6.45) is 3.91. The normalized spacial score (nSPS) is 25.2. The third-order valence-corrected chi connectivity index (χ3v) is 6.70. The van der Waals surface area contributed by atoms with Crippen molar-refractivity contribution >= 4 is 23.4 Å². The smallest absolute Gasteiger partial charge is 0.412 e. The van der Waals surface area contributed by atoms with Gasteiger partial charge in [0.05, 0.1) is 35.7 Å². The Morgan fingerprint density at radius 1 is 1.13 bits per heavy atom. The molecule has 1 aromatic carbocycles. The molecule has 2 atom stereocenters. The fourth-order valence-corrected chi connectivity index (χ4v) is 5.11. The number of benzene rings is 1. The lowest BCUT2D eigenvalue weighted by atomic mass is 9.72. The number of alkyl halides is 2. The third kappa shape index (κ3) is 3.26. The molecule has 0 saturated heterocycles. The number of aromatic nitrogens is 2. The minimum Gasteiger partial charge on any atom is -0.465 e. The summed E-state index contributed by atoms with van der Waals surface area (Å²) >= 11 is 0. The average molecular weight is 430 g/mol. The largest absolute Gasteiger partial charge is 0.465 e. The van der Waals surface area contributed by atoms with E-state index in [1.165, 1.54) is 16.7 Å². The highest BCUT2D eigenvalue weighted by Crippen LogP contribution is 2.51. The monoisotopic (exact) mass is 430 g/mol. The van der Waals surface area contributed by atoms with Gasteiger partial charge in [0, 0.05) is 31.5 Å². The van der Waals surface area contributed by atoms with Crippen molar-refractivity contribution in [2.24, 2.45) is 5.92 Å². The Kier molecular flexibility index (Phi) is 4.36. The van der Waals surface area contributed by atoms with E-state index in [0.29, 0.717) is 17.4 Å². The van der Waals surface area contributed by atoms with Crippen LogP contribution >= 0.6 is 0 Å². The molecule has 1 aromatic heterocycles. The van der Waals surface area contributed by atoms with Gasteiger partial charge in [0.25, 0.3) is 0 Å². The van der Waals surface area contributed by atoms with Gasteiger partial charge in [0.15, 0.2) is 0 Å². The second-order valence-corrected chi connectivity index (χ2v) is 8.94. The third-order valence-electron chi connectivity index (χ3n) is 6.70. The molecule has 2 heterocycles. The van der Waals surface area contributed by atoms with E-state index in [-0.39, 0.29) is 18.7 Å². The second-order valence-electron chi connectivity index (χ2n) is 8.94. The lowest BCUT2D eigenvalue weighted by molar-refractivity contribution is -0.121. The molecule has 2 aromatic rings. The van der Waals surface area contributed by atoms with E-state index in [1.54, 1.807) is 25.3 Å². The van der Waals surface area contributed by atoms with E-state index in [0.717, 1.165) is 24.0 Å². The first-order chi connectivity index (χ1) is 14.7. The summed E-state index contributed by atoms with van der Waals surface area (Å²) in [5, 5.41) is 14.5. The summed E-state index contributed by atoms with van der Waals surface area (Å²) in [5.41, 5.74) is 2.44. The van der Waals surface area contributed by atoms with E-state index in [1.807, 2.05) is 16.9 Å². The number of carbonyl (C=O) groups excluding carboxylic acids is 1. The number of fused-ring (bicyclic) bond motifs is 1. The summed E-state index contributed by atoms with van der Waals surface area (Å²) in [4.78, 5) is 27.5. The topological polar surface area (TPSA) is 78.7 Å².